The van der Waals surface area contributed by atoms with Gasteiger partial charge >= 0.3 is 42.1 Å². The molecule has 0 aliphatic rings. The Hall–Kier alpha value is -5.18. The van der Waals surface area contributed by atoms with Crippen LogP contribution in [0.3, 0.4) is 0 Å². The number of nitrogens with zero attached hydrogens (tertiary/aromatic N) is 8. The normalized spacial score (nSPS) is 11.3. The summed E-state index contributed by atoms with van der Waals surface area (Å²) in [7, 11) is 7.62. The summed E-state index contributed by atoms with van der Waals surface area (Å²) >= 11 is 0. The number of hydrogen-bond donors (Lipinski definition) is 0. The zero-order chi connectivity index (χ0) is 32.5. The molecule has 0 aliphatic carbocycles. The van der Waals surface area contributed by atoms with Crippen LogP contribution in [0.4, 0.5) is 0 Å². The van der Waals surface area contributed by atoms with E-state index in [2.05, 4.69) is 44.7 Å². The van der Waals surface area contributed by atoms with Crippen LogP contribution in [0.5, 0.6) is 0 Å². The van der Waals surface area contributed by atoms with Gasteiger partial charge in [-0.15, -0.1) is 24.5 Å². The molecule has 0 aliphatic heterocycles. The first-order valence-electron chi connectivity index (χ1n) is 14.9. The number of rotatable bonds is 4. The summed E-state index contributed by atoms with van der Waals surface area (Å²) in [4.78, 5) is 17.3. The van der Waals surface area contributed by atoms with Crippen molar-refractivity contribution in [3.05, 3.63) is 99.4 Å². The molecule has 8 heterocycles. The summed E-state index contributed by atoms with van der Waals surface area (Å²) < 4.78 is 30.1. The molecular formula is C36H24N8O4Pt2. The van der Waals surface area contributed by atoms with Gasteiger partial charge in [0.15, 0.2) is 0 Å². The second-order valence-electron chi connectivity index (χ2n) is 11.6. The standard InChI is InChI=1S/2C18H12N4O2.2Pt/c2*1-21-5-15(19-9-21)14-8-23-17-3-11-7-24-18(12(11)4-13(14)17)16-6-22(2)10-20-16;;/h2*3,5-9H,1-2H3;;/q2*-2;2*+2. The van der Waals surface area contributed by atoms with E-state index in [9.17, 15) is 0 Å². The van der Waals surface area contributed by atoms with Gasteiger partial charge in [-0.05, 0) is 25.2 Å². The molecule has 0 unspecified atom stereocenters. The average molecular weight is 1020 g/mol. The molecule has 0 radical (unpaired) electrons. The number of aromatic nitrogens is 8. The number of fused-ring (bicyclic) bond motifs is 4. The quantitative estimate of drug-likeness (QED) is 0.171. The van der Waals surface area contributed by atoms with Crippen LogP contribution in [0.1, 0.15) is 0 Å². The second-order valence-corrected chi connectivity index (χ2v) is 11.6. The van der Waals surface area contributed by atoms with Crippen molar-refractivity contribution in [3.63, 3.8) is 0 Å². The van der Waals surface area contributed by atoms with E-state index in [0.29, 0.717) is 11.5 Å². The Balaban J connectivity index is 0.000000151. The maximum absolute atomic E-state index is 5.72. The van der Waals surface area contributed by atoms with Gasteiger partial charge in [0.2, 0.25) is 0 Å². The predicted octanol–water partition coefficient (Wildman–Crippen LogP) is 7.16. The largest absolute Gasteiger partial charge is 2.00 e. The van der Waals surface area contributed by atoms with Gasteiger partial charge in [-0.3, -0.25) is 0 Å². The summed E-state index contributed by atoms with van der Waals surface area (Å²) in [5.41, 5.74) is 6.48. The zero-order valence-electron chi connectivity index (χ0n) is 26.8. The van der Waals surface area contributed by atoms with E-state index in [1.165, 1.54) is 0 Å². The molecule has 2 aromatic carbocycles. The Morgan fingerprint density at radius 3 is 1.32 bits per heavy atom. The maximum atomic E-state index is 5.72. The van der Waals surface area contributed by atoms with Gasteiger partial charge in [-0.1, -0.05) is 55.8 Å². The fourth-order valence-corrected chi connectivity index (χ4v) is 5.79. The molecule has 14 heteroatoms. The third kappa shape index (κ3) is 5.68. The van der Waals surface area contributed by atoms with Crippen LogP contribution in [-0.2, 0) is 70.3 Å². The van der Waals surface area contributed by atoms with Crippen molar-refractivity contribution in [3.8, 4) is 45.4 Å². The minimum absolute atomic E-state index is 0. The molecule has 0 fully saturated rings. The van der Waals surface area contributed by atoms with Crippen molar-refractivity contribution in [2.75, 3.05) is 0 Å². The van der Waals surface area contributed by atoms with E-state index in [0.717, 1.165) is 77.4 Å². The molecule has 0 spiro atoms. The van der Waals surface area contributed by atoms with Gasteiger partial charge < -0.3 is 45.9 Å². The first-order valence-corrected chi connectivity index (χ1v) is 14.9. The van der Waals surface area contributed by atoms with Crippen molar-refractivity contribution >= 4 is 43.5 Å². The molecule has 50 heavy (non-hydrogen) atoms. The molecular weight excluding hydrogens is 999 g/mol. The fourth-order valence-electron chi connectivity index (χ4n) is 5.79. The van der Waals surface area contributed by atoms with Crippen molar-refractivity contribution in [1.82, 2.24) is 38.2 Å². The predicted molar refractivity (Wildman–Crippen MR) is 176 cm³/mol. The van der Waals surface area contributed by atoms with Crippen molar-refractivity contribution in [2.24, 2.45) is 28.2 Å². The topological polar surface area (TPSA) is 124 Å². The van der Waals surface area contributed by atoms with Gasteiger partial charge in [-0.2, -0.15) is 0 Å². The van der Waals surface area contributed by atoms with Gasteiger partial charge in [0.1, 0.15) is 0 Å². The van der Waals surface area contributed by atoms with Gasteiger partial charge in [0.05, 0.1) is 60.3 Å². The minimum atomic E-state index is 0. The molecule has 0 saturated carbocycles. The number of benzene rings is 2. The van der Waals surface area contributed by atoms with Gasteiger partial charge in [-0.25, -0.2) is 9.97 Å². The van der Waals surface area contributed by atoms with Crippen LogP contribution in [0.15, 0.2) is 92.3 Å². The third-order valence-corrected chi connectivity index (χ3v) is 8.07. The monoisotopic (exact) mass is 1020 g/mol. The Morgan fingerprint density at radius 2 is 0.960 bits per heavy atom. The number of hydrogen-bond acceptors (Lipinski definition) is 8. The van der Waals surface area contributed by atoms with E-state index in [-0.39, 0.29) is 42.1 Å². The molecule has 8 aromatic heterocycles. The van der Waals surface area contributed by atoms with Gasteiger partial charge in [0.25, 0.3) is 0 Å². The van der Waals surface area contributed by atoms with E-state index < -0.39 is 0 Å². The number of furan rings is 4. The van der Waals surface area contributed by atoms with E-state index >= 15 is 0 Å². The van der Waals surface area contributed by atoms with Crippen LogP contribution < -0.4 is 0 Å². The molecule has 252 valence electrons. The number of aryl methyl sites for hydroxylation is 4. The Labute approximate surface area is 312 Å². The van der Waals surface area contributed by atoms with Gasteiger partial charge in [0, 0.05) is 50.7 Å². The second kappa shape index (κ2) is 12.9. The van der Waals surface area contributed by atoms with Crippen LogP contribution in [0.25, 0.3) is 88.9 Å². The molecule has 0 bridgehead atoms. The first-order chi connectivity index (χ1) is 23.4. The van der Waals surface area contributed by atoms with Crippen LogP contribution in [0, 0.1) is 24.8 Å². The molecule has 12 nitrogen and oxygen atoms in total. The molecule has 0 atom stereocenters. The van der Waals surface area contributed by atoms with E-state index in [1.807, 2.05) is 74.2 Å². The maximum Gasteiger partial charge on any atom is 2.00 e. The summed E-state index contributed by atoms with van der Waals surface area (Å²) in [6.07, 6.45) is 23.7. The summed E-state index contributed by atoms with van der Waals surface area (Å²) in [6.45, 7) is 0. The average Bonchev–Trinajstić information content (AvgIpc) is 3.90. The van der Waals surface area contributed by atoms with Crippen molar-refractivity contribution < 1.29 is 59.8 Å². The van der Waals surface area contributed by atoms with Crippen molar-refractivity contribution in [2.45, 2.75) is 0 Å². The smallest absolute Gasteiger partial charge is 0.518 e. The fraction of sp³-hybridized carbons (Fsp3) is 0.111. The zero-order valence-corrected chi connectivity index (χ0v) is 31.3. The molecule has 0 N–H and O–H groups in total. The van der Waals surface area contributed by atoms with Crippen molar-refractivity contribution in [1.29, 1.82) is 0 Å². The Morgan fingerprint density at radius 1 is 0.520 bits per heavy atom. The summed E-state index contributed by atoms with van der Waals surface area (Å²) in [6, 6.07) is 10.7. The SMILES string of the molecule is Cn1[c-]nc(-c2occ3cc4occ(-c5cn(C)cn5)c4[c-]c23)c1.Cn1[c-]nc(-c2occ3cc4occ(-c5cn(C)cn5)c4[c-]c23)c1.[Pt+2].[Pt+2]. The third-order valence-electron chi connectivity index (χ3n) is 8.07. The van der Waals surface area contributed by atoms with E-state index in [1.54, 1.807) is 46.8 Å². The Bertz CT molecular complexity index is 2400. The van der Waals surface area contributed by atoms with E-state index in [4.69, 9.17) is 17.7 Å². The van der Waals surface area contributed by atoms with Crippen LogP contribution in [-0.4, -0.2) is 38.2 Å². The molecule has 0 amide bonds. The summed E-state index contributed by atoms with van der Waals surface area (Å²) in [5, 5.41) is 5.34. The minimum Gasteiger partial charge on any atom is -0.518 e. The number of imidazole rings is 4. The van der Waals surface area contributed by atoms with Crippen LogP contribution in [0.2, 0.25) is 0 Å². The Kier molecular flexibility index (Phi) is 8.62. The molecule has 10 aromatic rings. The first kappa shape index (κ1) is 33.3. The summed E-state index contributed by atoms with van der Waals surface area (Å²) in [5.74, 6) is 1.36. The van der Waals surface area contributed by atoms with Crippen LogP contribution >= 0.6 is 0 Å². The molecule has 10 rings (SSSR count). The molecule has 0 saturated heterocycles.